The van der Waals surface area contributed by atoms with Gasteiger partial charge in [-0.15, -0.1) is 11.3 Å². The fraction of sp³-hybridized carbons (Fsp3) is 0.286. The Kier molecular flexibility index (Phi) is 6.47. The van der Waals surface area contributed by atoms with E-state index in [0.29, 0.717) is 22.1 Å². The second kappa shape index (κ2) is 9.27. The lowest BCUT2D eigenvalue weighted by Gasteiger charge is -2.20. The molecule has 1 fully saturated rings. The Hall–Kier alpha value is -2.59. The van der Waals surface area contributed by atoms with Crippen LogP contribution in [0.4, 0.5) is 19.0 Å². The minimum atomic E-state index is -4.38. The molecule has 1 N–H and O–H groups in total. The summed E-state index contributed by atoms with van der Waals surface area (Å²) in [7, 11) is 0. The Morgan fingerprint density at radius 1 is 1.16 bits per heavy atom. The van der Waals surface area contributed by atoms with E-state index in [1.54, 1.807) is 11.3 Å². The molecule has 1 aliphatic heterocycles. The quantitative estimate of drug-likeness (QED) is 0.506. The SMILES string of the molecule is O=C(NCc1ccc(C(F)(F)F)cc1)c1cnc(Sc2cccs2)nc1N1CCCC1. The molecular formula is C21H19F3N4OS2. The van der Waals surface area contributed by atoms with Crippen LogP contribution in [0.15, 0.2) is 57.3 Å². The number of carbonyl (C=O) groups excluding carboxylic acids is 1. The molecule has 0 atom stereocenters. The van der Waals surface area contributed by atoms with Crippen LogP contribution in [0.5, 0.6) is 0 Å². The molecule has 3 aromatic rings. The minimum Gasteiger partial charge on any atom is -0.356 e. The number of nitrogens with one attached hydrogen (secondary N) is 1. The molecule has 3 heterocycles. The van der Waals surface area contributed by atoms with Gasteiger partial charge in [0.15, 0.2) is 5.16 Å². The second-order valence-electron chi connectivity index (χ2n) is 7.00. The molecule has 1 aromatic carbocycles. The van der Waals surface area contributed by atoms with Gasteiger partial charge in [0, 0.05) is 25.8 Å². The van der Waals surface area contributed by atoms with Gasteiger partial charge in [0.2, 0.25) is 0 Å². The molecule has 0 aliphatic carbocycles. The van der Waals surface area contributed by atoms with E-state index < -0.39 is 11.7 Å². The minimum absolute atomic E-state index is 0.113. The third-order valence-corrected chi connectivity index (χ3v) is 6.73. The van der Waals surface area contributed by atoms with E-state index in [0.717, 1.165) is 42.3 Å². The Labute approximate surface area is 185 Å². The van der Waals surface area contributed by atoms with Crippen LogP contribution >= 0.6 is 23.1 Å². The van der Waals surface area contributed by atoms with Crippen molar-refractivity contribution in [2.45, 2.75) is 34.9 Å². The van der Waals surface area contributed by atoms with E-state index in [2.05, 4.69) is 20.2 Å². The highest BCUT2D eigenvalue weighted by atomic mass is 32.2. The lowest BCUT2D eigenvalue weighted by Crippen LogP contribution is -2.28. The number of nitrogens with zero attached hydrogens (tertiary/aromatic N) is 3. The zero-order valence-corrected chi connectivity index (χ0v) is 18.0. The topological polar surface area (TPSA) is 58.1 Å². The van der Waals surface area contributed by atoms with Crippen LogP contribution in [0.25, 0.3) is 0 Å². The van der Waals surface area contributed by atoms with Crippen LogP contribution in [0.2, 0.25) is 0 Å². The second-order valence-corrected chi connectivity index (χ2v) is 9.21. The van der Waals surface area contributed by atoms with Gasteiger partial charge in [-0.05, 0) is 53.7 Å². The highest BCUT2D eigenvalue weighted by molar-refractivity contribution is 8.01. The number of rotatable bonds is 6. The largest absolute Gasteiger partial charge is 0.416 e. The summed E-state index contributed by atoms with van der Waals surface area (Å²) in [5.74, 6) is 0.242. The summed E-state index contributed by atoms with van der Waals surface area (Å²) in [6.45, 7) is 1.75. The fourth-order valence-electron chi connectivity index (χ4n) is 3.24. The monoisotopic (exact) mass is 464 g/mol. The zero-order chi connectivity index (χ0) is 21.8. The van der Waals surface area contributed by atoms with Crippen molar-refractivity contribution in [3.63, 3.8) is 0 Å². The molecule has 0 unspecified atom stereocenters. The normalized spacial score (nSPS) is 14.1. The van der Waals surface area contributed by atoms with Crippen LogP contribution in [0.1, 0.15) is 34.3 Å². The van der Waals surface area contributed by atoms with Gasteiger partial charge in [-0.25, -0.2) is 9.97 Å². The molecule has 0 spiro atoms. The van der Waals surface area contributed by atoms with E-state index in [-0.39, 0.29) is 12.5 Å². The van der Waals surface area contributed by atoms with Crippen molar-refractivity contribution in [2.24, 2.45) is 0 Å². The standard InChI is InChI=1S/C21H19F3N4OS2/c22-21(23,24)15-7-5-14(6-8-15)12-25-19(29)16-13-26-20(31-17-4-3-11-30-17)27-18(16)28-9-1-2-10-28/h3-8,11,13H,1-2,9-10,12H2,(H,25,29). The molecule has 10 heteroatoms. The maximum absolute atomic E-state index is 12.8. The number of halogens is 3. The lowest BCUT2D eigenvalue weighted by atomic mass is 10.1. The van der Waals surface area contributed by atoms with Gasteiger partial charge >= 0.3 is 6.18 Å². The fourth-order valence-corrected chi connectivity index (χ4v) is 4.83. The molecule has 162 valence electrons. The average molecular weight is 465 g/mol. The van der Waals surface area contributed by atoms with Gasteiger partial charge in [0.05, 0.1) is 9.77 Å². The predicted octanol–water partition coefficient (Wildman–Crippen LogP) is 5.24. The summed E-state index contributed by atoms with van der Waals surface area (Å²) < 4.78 is 39.2. The van der Waals surface area contributed by atoms with E-state index in [1.165, 1.54) is 30.1 Å². The summed E-state index contributed by atoms with van der Waals surface area (Å²) in [5, 5.41) is 5.32. The Bertz CT molecular complexity index is 1030. The summed E-state index contributed by atoms with van der Waals surface area (Å²) in [6.07, 6.45) is -0.792. The van der Waals surface area contributed by atoms with Crippen LogP contribution in [0.3, 0.4) is 0 Å². The summed E-state index contributed by atoms with van der Waals surface area (Å²) in [5.41, 5.74) is 0.227. The first-order valence-corrected chi connectivity index (χ1v) is 11.4. The summed E-state index contributed by atoms with van der Waals surface area (Å²) >= 11 is 3.04. The number of hydrogen-bond acceptors (Lipinski definition) is 6. The van der Waals surface area contributed by atoms with Gasteiger partial charge in [0.25, 0.3) is 5.91 Å². The highest BCUT2D eigenvalue weighted by Crippen LogP contribution is 2.32. The number of aromatic nitrogens is 2. The van der Waals surface area contributed by atoms with Crippen LogP contribution in [-0.4, -0.2) is 29.0 Å². The van der Waals surface area contributed by atoms with Crippen LogP contribution < -0.4 is 10.2 Å². The van der Waals surface area contributed by atoms with Crippen LogP contribution in [0, 0.1) is 0 Å². The van der Waals surface area contributed by atoms with Gasteiger partial charge in [-0.1, -0.05) is 18.2 Å². The number of carbonyl (C=O) groups is 1. The Morgan fingerprint density at radius 3 is 2.55 bits per heavy atom. The molecule has 4 rings (SSSR count). The van der Waals surface area contributed by atoms with Crippen molar-refractivity contribution in [3.8, 4) is 0 Å². The lowest BCUT2D eigenvalue weighted by molar-refractivity contribution is -0.137. The Balaban J connectivity index is 1.49. The third kappa shape index (κ3) is 5.37. The average Bonchev–Trinajstić information content (AvgIpc) is 3.46. The number of benzene rings is 1. The Morgan fingerprint density at radius 2 is 1.90 bits per heavy atom. The van der Waals surface area contributed by atoms with Crippen molar-refractivity contribution in [2.75, 3.05) is 18.0 Å². The molecule has 5 nitrogen and oxygen atoms in total. The number of hydrogen-bond donors (Lipinski definition) is 1. The molecular weight excluding hydrogens is 445 g/mol. The van der Waals surface area contributed by atoms with Gasteiger partial charge < -0.3 is 10.2 Å². The van der Waals surface area contributed by atoms with Crippen molar-refractivity contribution in [1.82, 2.24) is 15.3 Å². The van der Waals surface area contributed by atoms with Gasteiger partial charge in [0.1, 0.15) is 11.4 Å². The van der Waals surface area contributed by atoms with Gasteiger partial charge in [-0.3, -0.25) is 4.79 Å². The molecule has 1 saturated heterocycles. The number of thiophene rings is 1. The molecule has 31 heavy (non-hydrogen) atoms. The van der Waals surface area contributed by atoms with E-state index in [1.807, 2.05) is 17.5 Å². The molecule has 1 amide bonds. The molecule has 0 radical (unpaired) electrons. The van der Waals surface area contributed by atoms with Gasteiger partial charge in [-0.2, -0.15) is 13.2 Å². The van der Waals surface area contributed by atoms with Crippen molar-refractivity contribution < 1.29 is 18.0 Å². The predicted molar refractivity (Wildman–Crippen MR) is 115 cm³/mol. The molecule has 1 aliphatic rings. The van der Waals surface area contributed by atoms with Crippen molar-refractivity contribution >= 4 is 34.8 Å². The number of anilines is 1. The van der Waals surface area contributed by atoms with E-state index in [9.17, 15) is 18.0 Å². The number of alkyl halides is 3. The smallest absolute Gasteiger partial charge is 0.356 e. The zero-order valence-electron chi connectivity index (χ0n) is 16.4. The van der Waals surface area contributed by atoms with Crippen molar-refractivity contribution in [1.29, 1.82) is 0 Å². The van der Waals surface area contributed by atoms with E-state index in [4.69, 9.17) is 0 Å². The summed E-state index contributed by atoms with van der Waals surface area (Å²) in [6, 6.07) is 8.69. The number of amides is 1. The molecule has 0 saturated carbocycles. The van der Waals surface area contributed by atoms with Crippen molar-refractivity contribution in [3.05, 3.63) is 64.7 Å². The van der Waals surface area contributed by atoms with E-state index >= 15 is 0 Å². The first-order valence-electron chi connectivity index (χ1n) is 9.68. The maximum atomic E-state index is 12.8. The molecule has 0 bridgehead atoms. The van der Waals surface area contributed by atoms with Crippen LogP contribution in [-0.2, 0) is 12.7 Å². The first-order chi connectivity index (χ1) is 14.9. The summed E-state index contributed by atoms with van der Waals surface area (Å²) in [4.78, 5) is 23.9. The highest BCUT2D eigenvalue weighted by Gasteiger charge is 2.30. The molecule has 2 aromatic heterocycles. The third-order valence-electron chi connectivity index (χ3n) is 4.82. The maximum Gasteiger partial charge on any atom is 0.416 e. The first kappa shape index (κ1) is 21.6.